The number of nitrogens with zero attached hydrogens (tertiary/aromatic N) is 1. The predicted molar refractivity (Wildman–Crippen MR) is 113 cm³/mol. The zero-order chi connectivity index (χ0) is 18.9. The number of rotatable bonds is 5. The Morgan fingerprint density at radius 1 is 1.23 bits per heavy atom. The maximum absolute atomic E-state index is 6.81. The number of piperidine rings is 1. The minimum atomic E-state index is -0.111. The van der Waals surface area contributed by atoms with E-state index in [4.69, 9.17) is 17.3 Å². The Morgan fingerprint density at radius 2 is 2.00 bits per heavy atom. The molecule has 2 aliphatic rings. The molecule has 1 aromatic rings. The Morgan fingerprint density at radius 3 is 2.73 bits per heavy atom. The summed E-state index contributed by atoms with van der Waals surface area (Å²) in [7, 11) is 2.26. The lowest BCUT2D eigenvalue weighted by molar-refractivity contribution is 0.0662. The molecule has 3 rings (SSSR count). The van der Waals surface area contributed by atoms with Gasteiger partial charge >= 0.3 is 0 Å². The lowest BCUT2D eigenvalue weighted by Crippen LogP contribution is -2.49. The maximum Gasteiger partial charge on any atom is 0.0381 e. The van der Waals surface area contributed by atoms with Crippen molar-refractivity contribution in [2.24, 2.45) is 23.5 Å². The van der Waals surface area contributed by atoms with Gasteiger partial charge in [0.1, 0.15) is 0 Å². The molecule has 2 nitrogen and oxygen atoms in total. The second-order valence-corrected chi connectivity index (χ2v) is 10.1. The van der Waals surface area contributed by atoms with Crippen molar-refractivity contribution in [2.45, 2.75) is 69.7 Å². The van der Waals surface area contributed by atoms with Gasteiger partial charge in [-0.05, 0) is 74.5 Å². The first-order valence-corrected chi connectivity index (χ1v) is 10.9. The molecule has 0 spiro atoms. The van der Waals surface area contributed by atoms with E-state index in [0.29, 0.717) is 23.1 Å². The van der Waals surface area contributed by atoms with E-state index >= 15 is 0 Å². The molecule has 0 radical (unpaired) electrons. The fourth-order valence-electron chi connectivity index (χ4n) is 5.59. The molecule has 1 saturated carbocycles. The Kier molecular flexibility index (Phi) is 6.37. The minimum absolute atomic E-state index is 0.111. The van der Waals surface area contributed by atoms with Crippen LogP contribution in [-0.2, 0) is 6.42 Å². The summed E-state index contributed by atoms with van der Waals surface area (Å²) in [6.45, 7) is 9.08. The standard InChI is InChI=1S/C23H37ClN2/c1-5-9-23(3,25)13-17-7-6-8-18(12-17)20-14-26(4)15-21-19(20)10-16(2)11-22(21)24/h6-8,12,16,19-22H,5,9-11,13-15,25H2,1-4H3/t16?,19?,20?,21-,22?,23?/m1/s1. The van der Waals surface area contributed by atoms with Crippen LogP contribution in [0.1, 0.15) is 63.5 Å². The van der Waals surface area contributed by atoms with E-state index in [1.807, 2.05) is 0 Å². The van der Waals surface area contributed by atoms with Crippen molar-refractivity contribution in [1.29, 1.82) is 0 Å². The molecule has 26 heavy (non-hydrogen) atoms. The van der Waals surface area contributed by atoms with E-state index in [-0.39, 0.29) is 5.54 Å². The zero-order valence-electron chi connectivity index (χ0n) is 17.0. The van der Waals surface area contributed by atoms with Crippen LogP contribution in [0.4, 0.5) is 0 Å². The number of fused-ring (bicyclic) bond motifs is 1. The van der Waals surface area contributed by atoms with Gasteiger partial charge in [-0.15, -0.1) is 11.6 Å². The van der Waals surface area contributed by atoms with Gasteiger partial charge in [-0.3, -0.25) is 0 Å². The zero-order valence-corrected chi connectivity index (χ0v) is 17.8. The highest BCUT2D eigenvalue weighted by Crippen LogP contribution is 2.47. The van der Waals surface area contributed by atoms with Crippen LogP contribution in [-0.4, -0.2) is 36.0 Å². The van der Waals surface area contributed by atoms with Crippen molar-refractivity contribution in [3.8, 4) is 0 Å². The lowest BCUT2D eigenvalue weighted by atomic mass is 9.65. The van der Waals surface area contributed by atoms with Crippen LogP contribution in [0.25, 0.3) is 0 Å². The molecule has 1 heterocycles. The van der Waals surface area contributed by atoms with Gasteiger partial charge in [0.05, 0.1) is 0 Å². The van der Waals surface area contributed by atoms with Gasteiger partial charge in [0.2, 0.25) is 0 Å². The van der Waals surface area contributed by atoms with E-state index in [1.165, 1.54) is 24.0 Å². The minimum Gasteiger partial charge on any atom is -0.325 e. The summed E-state index contributed by atoms with van der Waals surface area (Å²) in [4.78, 5) is 2.49. The molecule has 1 aliphatic heterocycles. The molecule has 1 saturated heterocycles. The quantitative estimate of drug-likeness (QED) is 0.729. The highest BCUT2D eigenvalue weighted by molar-refractivity contribution is 6.20. The third-order valence-corrected chi connectivity index (χ3v) is 7.17. The van der Waals surface area contributed by atoms with Crippen LogP contribution in [0.15, 0.2) is 24.3 Å². The van der Waals surface area contributed by atoms with Gasteiger partial charge in [-0.1, -0.05) is 44.5 Å². The van der Waals surface area contributed by atoms with Crippen molar-refractivity contribution in [3.05, 3.63) is 35.4 Å². The summed E-state index contributed by atoms with van der Waals surface area (Å²) in [5, 5.41) is 0.328. The number of benzene rings is 1. The van der Waals surface area contributed by atoms with Gasteiger partial charge in [-0.25, -0.2) is 0 Å². The van der Waals surface area contributed by atoms with E-state index in [1.54, 1.807) is 0 Å². The monoisotopic (exact) mass is 376 g/mol. The predicted octanol–water partition coefficient (Wildman–Crippen LogP) is 5.05. The molecule has 0 amide bonds. The second-order valence-electron chi connectivity index (χ2n) is 9.57. The van der Waals surface area contributed by atoms with Gasteiger partial charge in [-0.2, -0.15) is 0 Å². The van der Waals surface area contributed by atoms with Gasteiger partial charge in [0, 0.05) is 24.0 Å². The number of nitrogens with two attached hydrogens (primary N) is 1. The van der Waals surface area contributed by atoms with Gasteiger partial charge in [0.25, 0.3) is 0 Å². The average Bonchev–Trinajstić information content (AvgIpc) is 2.54. The summed E-state index contributed by atoms with van der Waals surface area (Å²) >= 11 is 6.81. The number of hydrogen-bond acceptors (Lipinski definition) is 2. The first-order valence-electron chi connectivity index (χ1n) is 10.5. The third-order valence-electron chi connectivity index (χ3n) is 6.67. The molecule has 1 aromatic carbocycles. The Balaban J connectivity index is 1.83. The molecule has 2 N–H and O–H groups in total. The molecule has 5 unspecified atom stereocenters. The summed E-state index contributed by atoms with van der Waals surface area (Å²) in [5.74, 6) is 2.68. The van der Waals surface area contributed by atoms with Crippen LogP contribution < -0.4 is 5.73 Å². The molecule has 0 aromatic heterocycles. The largest absolute Gasteiger partial charge is 0.325 e. The topological polar surface area (TPSA) is 29.3 Å². The molecule has 1 aliphatic carbocycles. The van der Waals surface area contributed by atoms with Crippen molar-refractivity contribution in [2.75, 3.05) is 20.1 Å². The molecular formula is C23H37ClN2. The van der Waals surface area contributed by atoms with Crippen molar-refractivity contribution in [3.63, 3.8) is 0 Å². The summed E-state index contributed by atoms with van der Waals surface area (Å²) in [6, 6.07) is 9.26. The second kappa shape index (κ2) is 8.20. The normalized spacial score (nSPS) is 34.9. The van der Waals surface area contributed by atoms with Crippen LogP contribution >= 0.6 is 11.6 Å². The lowest BCUT2D eigenvalue weighted by Gasteiger charge is -2.49. The number of likely N-dealkylation sites (N-methyl/N-ethyl adjacent to an activating group) is 1. The Hall–Kier alpha value is -0.570. The number of likely N-dealkylation sites (tertiary alicyclic amines) is 1. The third kappa shape index (κ3) is 4.64. The fraction of sp³-hybridized carbons (Fsp3) is 0.739. The molecule has 3 heteroatoms. The van der Waals surface area contributed by atoms with Crippen LogP contribution in [0, 0.1) is 17.8 Å². The number of halogens is 1. The fourth-order valence-corrected chi connectivity index (χ4v) is 6.16. The van der Waals surface area contributed by atoms with Crippen molar-refractivity contribution >= 4 is 11.6 Å². The van der Waals surface area contributed by atoms with Crippen LogP contribution in [0.3, 0.4) is 0 Å². The molecule has 6 atom stereocenters. The molecule has 146 valence electrons. The van der Waals surface area contributed by atoms with E-state index in [2.05, 4.69) is 57.0 Å². The SMILES string of the molecule is CCCC(C)(N)Cc1cccc(C2CN(C)C[C@H]3C(Cl)CC(C)CC23)c1. The van der Waals surface area contributed by atoms with Gasteiger partial charge in [0.15, 0.2) is 0 Å². The Labute approximate surface area is 165 Å². The number of hydrogen-bond donors (Lipinski definition) is 1. The first kappa shape index (κ1) is 20.2. The molecule has 2 fully saturated rings. The molecule has 0 bridgehead atoms. The first-order chi connectivity index (χ1) is 12.3. The van der Waals surface area contributed by atoms with Crippen LogP contribution in [0.2, 0.25) is 0 Å². The Bertz CT molecular complexity index is 600. The number of alkyl halides is 1. The molecular weight excluding hydrogens is 340 g/mol. The van der Waals surface area contributed by atoms with Crippen molar-refractivity contribution in [1.82, 2.24) is 4.90 Å². The highest BCUT2D eigenvalue weighted by Gasteiger charge is 2.43. The van der Waals surface area contributed by atoms with E-state index < -0.39 is 0 Å². The highest BCUT2D eigenvalue weighted by atomic mass is 35.5. The average molecular weight is 377 g/mol. The summed E-state index contributed by atoms with van der Waals surface area (Å²) in [6.07, 6.45) is 5.66. The summed E-state index contributed by atoms with van der Waals surface area (Å²) in [5.41, 5.74) is 9.30. The van der Waals surface area contributed by atoms with E-state index in [9.17, 15) is 0 Å². The maximum atomic E-state index is 6.81. The van der Waals surface area contributed by atoms with Crippen molar-refractivity contribution < 1.29 is 0 Å². The summed E-state index contributed by atoms with van der Waals surface area (Å²) < 4.78 is 0. The van der Waals surface area contributed by atoms with Crippen LogP contribution in [0.5, 0.6) is 0 Å². The van der Waals surface area contributed by atoms with Gasteiger partial charge < -0.3 is 10.6 Å². The van der Waals surface area contributed by atoms with E-state index in [0.717, 1.165) is 38.3 Å². The smallest absolute Gasteiger partial charge is 0.0381 e.